The minimum Gasteiger partial charge on any atom is -0.497 e. The third kappa shape index (κ3) is 3.46. The number of rotatable bonds is 4. The van der Waals surface area contributed by atoms with Gasteiger partial charge in [-0.1, -0.05) is 18.2 Å². The third-order valence-corrected chi connectivity index (χ3v) is 2.10. The van der Waals surface area contributed by atoms with E-state index >= 15 is 0 Å². The molecule has 0 aliphatic carbocycles. The van der Waals surface area contributed by atoms with Crippen LogP contribution < -0.4 is 10.5 Å². The van der Waals surface area contributed by atoms with Crippen molar-refractivity contribution >= 4 is 12.0 Å². The van der Waals surface area contributed by atoms with Crippen LogP contribution in [0.1, 0.15) is 17.5 Å². The van der Waals surface area contributed by atoms with Gasteiger partial charge < -0.3 is 10.5 Å². The number of hydrogen-bond acceptors (Lipinski definition) is 2. The second kappa shape index (κ2) is 5.20. The van der Waals surface area contributed by atoms with Crippen molar-refractivity contribution in [3.63, 3.8) is 0 Å². The summed E-state index contributed by atoms with van der Waals surface area (Å²) in [7, 11) is 1.63. The van der Waals surface area contributed by atoms with Crippen LogP contribution in [0.5, 0.6) is 5.75 Å². The number of carbonyl (C=O) groups is 1. The molecular weight excluding hydrogens is 190 g/mol. The van der Waals surface area contributed by atoms with Crippen LogP contribution in [0.25, 0.3) is 6.08 Å². The maximum atomic E-state index is 10.5. The van der Waals surface area contributed by atoms with Crippen molar-refractivity contribution in [2.45, 2.75) is 13.3 Å². The number of benzene rings is 1. The number of carbonyl (C=O) groups excluding carboxylic acids is 1. The van der Waals surface area contributed by atoms with E-state index < -0.39 is 0 Å². The van der Waals surface area contributed by atoms with Crippen molar-refractivity contribution in [3.05, 3.63) is 35.4 Å². The number of amides is 1. The molecule has 0 aliphatic heterocycles. The summed E-state index contributed by atoms with van der Waals surface area (Å²) in [4.78, 5) is 10.5. The molecule has 3 heteroatoms. The molecule has 80 valence electrons. The number of methoxy groups -OCH3 is 1. The highest BCUT2D eigenvalue weighted by Crippen LogP contribution is 2.18. The number of nitrogens with two attached hydrogens (primary N) is 1. The van der Waals surface area contributed by atoms with Gasteiger partial charge in [-0.3, -0.25) is 4.79 Å². The van der Waals surface area contributed by atoms with Crippen LogP contribution in [-0.4, -0.2) is 13.0 Å². The Balaban J connectivity index is 2.83. The van der Waals surface area contributed by atoms with Crippen LogP contribution in [-0.2, 0) is 4.79 Å². The molecule has 15 heavy (non-hydrogen) atoms. The minimum absolute atomic E-state index is 0.261. The van der Waals surface area contributed by atoms with E-state index in [9.17, 15) is 4.79 Å². The van der Waals surface area contributed by atoms with Crippen molar-refractivity contribution < 1.29 is 9.53 Å². The molecular formula is C12H15NO2. The predicted molar refractivity (Wildman–Crippen MR) is 60.6 cm³/mol. The first-order chi connectivity index (χ1) is 7.13. The third-order valence-electron chi connectivity index (χ3n) is 2.10. The molecule has 0 fully saturated rings. The zero-order chi connectivity index (χ0) is 11.3. The van der Waals surface area contributed by atoms with E-state index in [1.807, 2.05) is 31.2 Å². The largest absolute Gasteiger partial charge is 0.497 e. The molecule has 1 amide bonds. The van der Waals surface area contributed by atoms with Crippen LogP contribution in [0, 0.1) is 6.92 Å². The van der Waals surface area contributed by atoms with Crippen LogP contribution in [0.4, 0.5) is 0 Å². The highest BCUT2D eigenvalue weighted by Gasteiger charge is 1.97. The van der Waals surface area contributed by atoms with Crippen LogP contribution in [0.3, 0.4) is 0 Å². The topological polar surface area (TPSA) is 52.3 Å². The molecule has 0 aromatic heterocycles. The Labute approximate surface area is 89.5 Å². The van der Waals surface area contributed by atoms with E-state index in [4.69, 9.17) is 10.5 Å². The quantitative estimate of drug-likeness (QED) is 0.816. The van der Waals surface area contributed by atoms with E-state index in [0.717, 1.165) is 16.9 Å². The van der Waals surface area contributed by atoms with Gasteiger partial charge in [0.05, 0.1) is 7.11 Å². The van der Waals surface area contributed by atoms with Crippen LogP contribution in [0.15, 0.2) is 24.3 Å². The smallest absolute Gasteiger partial charge is 0.221 e. The summed E-state index contributed by atoms with van der Waals surface area (Å²) in [6.45, 7) is 2.00. The lowest BCUT2D eigenvalue weighted by molar-refractivity contribution is -0.117. The van der Waals surface area contributed by atoms with Crippen LogP contribution in [0.2, 0.25) is 0 Å². The second-order valence-corrected chi connectivity index (χ2v) is 3.30. The molecule has 0 radical (unpaired) electrons. The predicted octanol–water partition coefficient (Wildman–Crippen LogP) is 1.89. The van der Waals surface area contributed by atoms with Crippen molar-refractivity contribution in [3.8, 4) is 5.75 Å². The van der Waals surface area contributed by atoms with E-state index in [1.165, 1.54) is 0 Å². The van der Waals surface area contributed by atoms with Crippen molar-refractivity contribution in [2.24, 2.45) is 5.73 Å². The highest BCUT2D eigenvalue weighted by atomic mass is 16.5. The van der Waals surface area contributed by atoms with E-state index in [-0.39, 0.29) is 12.3 Å². The average molecular weight is 205 g/mol. The molecule has 0 saturated heterocycles. The first kappa shape index (κ1) is 11.3. The van der Waals surface area contributed by atoms with Crippen molar-refractivity contribution in [1.29, 1.82) is 0 Å². The molecule has 1 aromatic rings. The molecule has 0 unspecified atom stereocenters. The zero-order valence-electron chi connectivity index (χ0n) is 8.99. The summed E-state index contributed by atoms with van der Waals surface area (Å²) in [6.07, 6.45) is 3.89. The Kier molecular flexibility index (Phi) is 3.92. The van der Waals surface area contributed by atoms with Gasteiger partial charge in [0.15, 0.2) is 0 Å². The van der Waals surface area contributed by atoms with Gasteiger partial charge in [0.2, 0.25) is 5.91 Å². The monoisotopic (exact) mass is 205 g/mol. The first-order valence-electron chi connectivity index (χ1n) is 4.73. The summed E-state index contributed by atoms with van der Waals surface area (Å²) in [5.41, 5.74) is 7.21. The maximum absolute atomic E-state index is 10.5. The SMILES string of the molecule is COc1ccc(C)c(C=CCC(N)=O)c1. The number of hydrogen-bond donors (Lipinski definition) is 1. The fourth-order valence-corrected chi connectivity index (χ4v) is 1.23. The van der Waals surface area contributed by atoms with Crippen LogP contribution >= 0.6 is 0 Å². The Morgan fingerprint density at radius 1 is 1.53 bits per heavy atom. The normalized spacial score (nSPS) is 10.5. The molecule has 1 aromatic carbocycles. The summed E-state index contributed by atoms with van der Waals surface area (Å²) >= 11 is 0. The molecule has 0 saturated carbocycles. The van der Waals surface area contributed by atoms with Gasteiger partial charge in [-0.15, -0.1) is 0 Å². The number of ether oxygens (including phenoxy) is 1. The van der Waals surface area contributed by atoms with Gasteiger partial charge >= 0.3 is 0 Å². The summed E-state index contributed by atoms with van der Waals surface area (Å²) in [5, 5.41) is 0. The van der Waals surface area contributed by atoms with Gasteiger partial charge in [0, 0.05) is 6.42 Å². The molecule has 0 spiro atoms. The second-order valence-electron chi connectivity index (χ2n) is 3.30. The summed E-state index contributed by atoms with van der Waals surface area (Å²) < 4.78 is 5.11. The standard InChI is InChI=1S/C12H15NO2/c1-9-6-7-11(15-2)8-10(9)4-3-5-12(13)14/h3-4,6-8H,5H2,1-2H3,(H2,13,14). The lowest BCUT2D eigenvalue weighted by Gasteiger charge is -2.04. The molecule has 0 bridgehead atoms. The van der Waals surface area contributed by atoms with Gasteiger partial charge in [0.1, 0.15) is 5.75 Å². The van der Waals surface area contributed by atoms with Gasteiger partial charge in [-0.25, -0.2) is 0 Å². The fraction of sp³-hybridized carbons (Fsp3) is 0.250. The van der Waals surface area contributed by atoms with E-state index in [2.05, 4.69) is 0 Å². The average Bonchev–Trinajstić information content (AvgIpc) is 2.20. The molecule has 2 N–H and O–H groups in total. The van der Waals surface area contributed by atoms with E-state index in [0.29, 0.717) is 0 Å². The van der Waals surface area contributed by atoms with Gasteiger partial charge in [-0.05, 0) is 30.2 Å². The molecule has 0 heterocycles. The summed E-state index contributed by atoms with van der Waals surface area (Å²) in [6, 6.07) is 5.80. The zero-order valence-corrected chi connectivity index (χ0v) is 8.99. The molecule has 3 nitrogen and oxygen atoms in total. The Morgan fingerprint density at radius 3 is 2.87 bits per heavy atom. The highest BCUT2D eigenvalue weighted by molar-refractivity contribution is 5.76. The fourth-order valence-electron chi connectivity index (χ4n) is 1.23. The Morgan fingerprint density at radius 2 is 2.27 bits per heavy atom. The molecule has 0 atom stereocenters. The number of aryl methyl sites for hydroxylation is 1. The minimum atomic E-state index is -0.327. The van der Waals surface area contributed by atoms with Gasteiger partial charge in [-0.2, -0.15) is 0 Å². The lowest BCUT2D eigenvalue weighted by Crippen LogP contribution is -2.07. The Bertz CT molecular complexity index is 383. The lowest BCUT2D eigenvalue weighted by atomic mass is 10.1. The molecule has 0 aliphatic rings. The Hall–Kier alpha value is -1.77. The summed E-state index contributed by atoms with van der Waals surface area (Å²) in [5.74, 6) is 0.478. The van der Waals surface area contributed by atoms with Crippen molar-refractivity contribution in [2.75, 3.05) is 7.11 Å². The first-order valence-corrected chi connectivity index (χ1v) is 4.73. The van der Waals surface area contributed by atoms with Gasteiger partial charge in [0.25, 0.3) is 0 Å². The maximum Gasteiger partial charge on any atom is 0.221 e. The van der Waals surface area contributed by atoms with Crippen molar-refractivity contribution in [1.82, 2.24) is 0 Å². The molecule has 1 rings (SSSR count). The van der Waals surface area contributed by atoms with E-state index in [1.54, 1.807) is 13.2 Å². The number of primary amides is 1.